The highest BCUT2D eigenvalue weighted by molar-refractivity contribution is 7.18. The molecule has 1 aromatic carbocycles. The monoisotopic (exact) mass is 318 g/mol. The van der Waals surface area contributed by atoms with Crippen LogP contribution in [0.4, 0.5) is 0 Å². The Balaban J connectivity index is 0.00000176. The highest BCUT2D eigenvalue weighted by Crippen LogP contribution is 2.28. The molecule has 0 saturated carbocycles. The quantitative estimate of drug-likeness (QED) is 0.776. The van der Waals surface area contributed by atoms with Gasteiger partial charge in [-0.1, -0.05) is 13.5 Å². The number of thiophene rings is 1. The van der Waals surface area contributed by atoms with E-state index in [0.29, 0.717) is 24.0 Å². The standard InChI is InChI=1S/C15H14N2O3S.CH4/c1-16-5-6-17-12-8-9(15(19)20)2-3-10(12)13-11(14(17)18)4-7-21-13;/h2-4,7-8,16H,5-6H2,1H3,(H,19,20);1H4. The van der Waals surface area contributed by atoms with Crippen molar-refractivity contribution in [2.24, 2.45) is 0 Å². The Kier molecular flexibility index (Phi) is 4.63. The van der Waals surface area contributed by atoms with E-state index in [1.54, 1.807) is 22.8 Å². The zero-order chi connectivity index (χ0) is 15.0. The van der Waals surface area contributed by atoms with Crippen molar-refractivity contribution in [2.75, 3.05) is 13.6 Å². The van der Waals surface area contributed by atoms with Crippen LogP contribution in [0.5, 0.6) is 0 Å². The van der Waals surface area contributed by atoms with Crippen molar-refractivity contribution >= 4 is 38.3 Å². The molecule has 0 amide bonds. The highest BCUT2D eigenvalue weighted by atomic mass is 32.1. The average molecular weight is 318 g/mol. The van der Waals surface area contributed by atoms with Gasteiger partial charge in [-0.3, -0.25) is 4.79 Å². The molecule has 0 bridgehead atoms. The summed E-state index contributed by atoms with van der Waals surface area (Å²) in [5, 5.41) is 15.7. The van der Waals surface area contributed by atoms with E-state index in [0.717, 1.165) is 10.1 Å². The second kappa shape index (κ2) is 6.29. The number of carboxylic acids is 1. The summed E-state index contributed by atoms with van der Waals surface area (Å²) in [6, 6.07) is 6.76. The number of aromatic nitrogens is 1. The Hall–Kier alpha value is -2.18. The van der Waals surface area contributed by atoms with Crippen LogP contribution in [0, 0.1) is 0 Å². The number of likely N-dealkylation sites (N-methyl/N-ethyl adjacent to an activating group) is 1. The van der Waals surface area contributed by atoms with Gasteiger partial charge in [-0.25, -0.2) is 4.79 Å². The lowest BCUT2D eigenvalue weighted by Crippen LogP contribution is -2.25. The van der Waals surface area contributed by atoms with Gasteiger partial charge in [0, 0.05) is 23.2 Å². The molecule has 0 aliphatic carbocycles. The molecule has 2 aromatic heterocycles. The fraction of sp³-hybridized carbons (Fsp3) is 0.250. The Bertz CT molecular complexity index is 895. The van der Waals surface area contributed by atoms with Crippen molar-refractivity contribution < 1.29 is 9.90 Å². The first-order valence-electron chi connectivity index (χ1n) is 6.55. The minimum absolute atomic E-state index is 0. The molecule has 0 saturated heterocycles. The van der Waals surface area contributed by atoms with Gasteiger partial charge in [0.05, 0.1) is 16.5 Å². The van der Waals surface area contributed by atoms with Crippen LogP contribution >= 0.6 is 11.3 Å². The molecule has 5 nitrogen and oxygen atoms in total. The first-order chi connectivity index (χ1) is 10.1. The number of carbonyl (C=O) groups is 1. The van der Waals surface area contributed by atoms with Gasteiger partial charge in [0.25, 0.3) is 5.56 Å². The van der Waals surface area contributed by atoms with E-state index in [9.17, 15) is 9.59 Å². The number of nitrogens with one attached hydrogen (secondary N) is 1. The number of hydrogen-bond donors (Lipinski definition) is 2. The van der Waals surface area contributed by atoms with E-state index in [-0.39, 0.29) is 18.5 Å². The van der Waals surface area contributed by atoms with Crippen molar-refractivity contribution in [3.8, 4) is 0 Å². The summed E-state index contributed by atoms with van der Waals surface area (Å²) in [4.78, 5) is 23.8. The minimum Gasteiger partial charge on any atom is -0.478 e. The number of benzene rings is 1. The van der Waals surface area contributed by atoms with Crippen molar-refractivity contribution in [3.05, 3.63) is 45.6 Å². The summed E-state index contributed by atoms with van der Waals surface area (Å²) >= 11 is 1.50. The van der Waals surface area contributed by atoms with Gasteiger partial charge in [0.1, 0.15) is 0 Å². The summed E-state index contributed by atoms with van der Waals surface area (Å²) in [6.45, 7) is 1.14. The van der Waals surface area contributed by atoms with E-state index < -0.39 is 5.97 Å². The fourth-order valence-electron chi connectivity index (χ4n) is 2.47. The number of carboxylic acid groups (broad SMARTS) is 1. The summed E-state index contributed by atoms with van der Waals surface area (Å²) in [7, 11) is 1.82. The summed E-state index contributed by atoms with van der Waals surface area (Å²) in [6.07, 6.45) is 0. The van der Waals surface area contributed by atoms with Crippen LogP contribution in [0.15, 0.2) is 34.4 Å². The molecular formula is C16H18N2O3S. The minimum atomic E-state index is -0.990. The zero-order valence-electron chi connectivity index (χ0n) is 11.4. The molecule has 3 rings (SSSR count). The molecule has 0 spiro atoms. The normalized spacial score (nSPS) is 10.8. The predicted octanol–water partition coefficient (Wildman–Crippen LogP) is 2.77. The van der Waals surface area contributed by atoms with Crippen LogP contribution < -0.4 is 10.9 Å². The SMILES string of the molecule is C.CNCCn1c(=O)c2ccsc2c2ccc(C(=O)O)cc21. The maximum Gasteiger partial charge on any atom is 0.335 e. The lowest BCUT2D eigenvalue weighted by atomic mass is 10.1. The maximum absolute atomic E-state index is 12.6. The second-order valence-corrected chi connectivity index (χ2v) is 5.68. The van der Waals surface area contributed by atoms with Crippen LogP contribution in [0.25, 0.3) is 21.0 Å². The van der Waals surface area contributed by atoms with Gasteiger partial charge in [0.2, 0.25) is 0 Å². The lowest BCUT2D eigenvalue weighted by Gasteiger charge is -2.12. The van der Waals surface area contributed by atoms with Crippen molar-refractivity contribution in [2.45, 2.75) is 14.0 Å². The first kappa shape index (κ1) is 16.2. The molecule has 0 fully saturated rings. The van der Waals surface area contributed by atoms with E-state index >= 15 is 0 Å². The van der Waals surface area contributed by atoms with Crippen LogP contribution in [-0.4, -0.2) is 29.2 Å². The van der Waals surface area contributed by atoms with Crippen LogP contribution in [0.3, 0.4) is 0 Å². The molecule has 2 N–H and O–H groups in total. The number of hydrogen-bond acceptors (Lipinski definition) is 4. The number of rotatable bonds is 4. The summed E-state index contributed by atoms with van der Waals surface area (Å²) < 4.78 is 2.56. The molecule has 22 heavy (non-hydrogen) atoms. The Morgan fingerprint density at radius 2 is 2.09 bits per heavy atom. The van der Waals surface area contributed by atoms with Crippen molar-refractivity contribution in [3.63, 3.8) is 0 Å². The first-order valence-corrected chi connectivity index (χ1v) is 7.43. The topological polar surface area (TPSA) is 71.3 Å². The van der Waals surface area contributed by atoms with Crippen molar-refractivity contribution in [1.82, 2.24) is 9.88 Å². The summed E-state index contributed by atoms with van der Waals surface area (Å²) in [5.74, 6) is -0.990. The molecule has 2 heterocycles. The predicted molar refractivity (Wildman–Crippen MR) is 91.2 cm³/mol. The van der Waals surface area contributed by atoms with Crippen LogP contribution in [0.1, 0.15) is 17.8 Å². The van der Waals surface area contributed by atoms with Gasteiger partial charge in [-0.05, 0) is 30.6 Å². The Morgan fingerprint density at radius 1 is 1.32 bits per heavy atom. The van der Waals surface area contributed by atoms with Gasteiger partial charge in [0.15, 0.2) is 0 Å². The zero-order valence-corrected chi connectivity index (χ0v) is 12.2. The average Bonchev–Trinajstić information content (AvgIpc) is 2.96. The molecule has 6 heteroatoms. The number of aromatic carboxylic acids is 1. The third-order valence-electron chi connectivity index (χ3n) is 3.51. The fourth-order valence-corrected chi connectivity index (χ4v) is 3.39. The Morgan fingerprint density at radius 3 is 2.77 bits per heavy atom. The smallest absolute Gasteiger partial charge is 0.335 e. The summed E-state index contributed by atoms with van der Waals surface area (Å²) in [5.41, 5.74) is 0.789. The second-order valence-electron chi connectivity index (χ2n) is 4.76. The van der Waals surface area contributed by atoms with Gasteiger partial charge in [-0.15, -0.1) is 11.3 Å². The van der Waals surface area contributed by atoms with E-state index in [1.165, 1.54) is 11.3 Å². The number of pyridine rings is 1. The Labute approximate surface area is 131 Å². The van der Waals surface area contributed by atoms with Crippen molar-refractivity contribution in [1.29, 1.82) is 0 Å². The number of nitrogens with zero attached hydrogens (tertiary/aromatic N) is 1. The van der Waals surface area contributed by atoms with Crippen LogP contribution in [0.2, 0.25) is 0 Å². The maximum atomic E-state index is 12.6. The van der Waals surface area contributed by atoms with Gasteiger partial charge in [-0.2, -0.15) is 0 Å². The van der Waals surface area contributed by atoms with Gasteiger partial charge < -0.3 is 15.0 Å². The van der Waals surface area contributed by atoms with Crippen LogP contribution in [-0.2, 0) is 6.54 Å². The molecule has 3 aromatic rings. The molecule has 0 aliphatic rings. The van der Waals surface area contributed by atoms with Gasteiger partial charge >= 0.3 is 5.97 Å². The molecule has 0 unspecified atom stereocenters. The molecule has 116 valence electrons. The molecule has 0 aliphatic heterocycles. The van der Waals surface area contributed by atoms with E-state index in [4.69, 9.17) is 5.11 Å². The lowest BCUT2D eigenvalue weighted by molar-refractivity contribution is 0.0697. The third-order valence-corrected chi connectivity index (χ3v) is 4.45. The third kappa shape index (κ3) is 2.51. The molecule has 0 radical (unpaired) electrons. The van der Waals surface area contributed by atoms with E-state index in [2.05, 4.69) is 5.32 Å². The largest absolute Gasteiger partial charge is 0.478 e. The molecular weight excluding hydrogens is 300 g/mol. The molecule has 0 atom stereocenters. The number of fused-ring (bicyclic) bond motifs is 3. The van der Waals surface area contributed by atoms with E-state index in [1.807, 2.05) is 18.5 Å². The highest BCUT2D eigenvalue weighted by Gasteiger charge is 2.13.